The standard InChI is InChI=1S/C11H20N2O2.C2H6/c1-3-11(2)4-5-12(8-11)10(15)13-6-9(14)7-13;1-2/h9,14H,3-8H2,1-2H3;1-2H3/t11-;/m1./s1. The first-order valence-electron chi connectivity index (χ1n) is 6.76. The van der Waals surface area contributed by atoms with Crippen molar-refractivity contribution in [2.75, 3.05) is 26.2 Å². The molecule has 0 aliphatic carbocycles. The topological polar surface area (TPSA) is 43.8 Å². The van der Waals surface area contributed by atoms with E-state index in [4.69, 9.17) is 5.11 Å². The van der Waals surface area contributed by atoms with Crippen molar-refractivity contribution in [1.29, 1.82) is 0 Å². The number of amides is 2. The van der Waals surface area contributed by atoms with Crippen LogP contribution < -0.4 is 0 Å². The maximum atomic E-state index is 11.9. The summed E-state index contributed by atoms with van der Waals surface area (Å²) in [5.74, 6) is 0. The van der Waals surface area contributed by atoms with Gasteiger partial charge in [-0.2, -0.15) is 0 Å². The summed E-state index contributed by atoms with van der Waals surface area (Å²) in [5, 5.41) is 9.15. The molecule has 0 aromatic carbocycles. The zero-order chi connectivity index (χ0) is 13.1. The van der Waals surface area contributed by atoms with E-state index in [1.54, 1.807) is 4.90 Å². The van der Waals surface area contributed by atoms with Gasteiger partial charge in [0.1, 0.15) is 0 Å². The molecule has 0 saturated carbocycles. The van der Waals surface area contributed by atoms with E-state index in [-0.39, 0.29) is 12.1 Å². The van der Waals surface area contributed by atoms with Crippen molar-refractivity contribution < 1.29 is 9.90 Å². The molecule has 1 atom stereocenters. The fourth-order valence-electron chi connectivity index (χ4n) is 2.29. The van der Waals surface area contributed by atoms with Crippen molar-refractivity contribution in [1.82, 2.24) is 9.80 Å². The largest absolute Gasteiger partial charge is 0.389 e. The van der Waals surface area contributed by atoms with E-state index >= 15 is 0 Å². The predicted octanol–water partition coefficient (Wildman–Crippen LogP) is 1.93. The summed E-state index contributed by atoms with van der Waals surface area (Å²) < 4.78 is 0. The Balaban J connectivity index is 0.000000686. The van der Waals surface area contributed by atoms with Crippen molar-refractivity contribution in [3.05, 3.63) is 0 Å². The fraction of sp³-hybridized carbons (Fsp3) is 0.923. The van der Waals surface area contributed by atoms with Gasteiger partial charge >= 0.3 is 6.03 Å². The highest BCUT2D eigenvalue weighted by Gasteiger charge is 2.39. The summed E-state index contributed by atoms with van der Waals surface area (Å²) in [7, 11) is 0. The zero-order valence-corrected chi connectivity index (χ0v) is 11.6. The van der Waals surface area contributed by atoms with Gasteiger partial charge in [-0.05, 0) is 18.3 Å². The van der Waals surface area contributed by atoms with Gasteiger partial charge in [0, 0.05) is 13.1 Å². The highest BCUT2D eigenvalue weighted by molar-refractivity contribution is 5.75. The molecule has 4 nitrogen and oxygen atoms in total. The Bertz CT molecular complexity index is 264. The lowest BCUT2D eigenvalue weighted by Crippen LogP contribution is -2.57. The quantitative estimate of drug-likeness (QED) is 0.763. The molecule has 4 heteroatoms. The van der Waals surface area contributed by atoms with Gasteiger partial charge in [-0.15, -0.1) is 0 Å². The van der Waals surface area contributed by atoms with Gasteiger partial charge in [0.2, 0.25) is 0 Å². The highest BCUT2D eigenvalue weighted by atomic mass is 16.3. The third kappa shape index (κ3) is 3.12. The number of hydrogen-bond donors (Lipinski definition) is 1. The third-order valence-electron chi connectivity index (χ3n) is 3.81. The molecule has 100 valence electrons. The molecular formula is C13H26N2O2. The lowest BCUT2D eigenvalue weighted by atomic mass is 9.87. The lowest BCUT2D eigenvalue weighted by Gasteiger charge is -2.38. The van der Waals surface area contributed by atoms with Crippen LogP contribution in [0.25, 0.3) is 0 Å². The van der Waals surface area contributed by atoms with Crippen molar-refractivity contribution in [2.45, 2.75) is 46.6 Å². The first-order valence-corrected chi connectivity index (χ1v) is 6.76. The number of nitrogens with zero attached hydrogens (tertiary/aromatic N) is 2. The van der Waals surface area contributed by atoms with Gasteiger partial charge in [-0.25, -0.2) is 4.79 Å². The first-order chi connectivity index (χ1) is 8.04. The minimum absolute atomic E-state index is 0.109. The van der Waals surface area contributed by atoms with Crippen molar-refractivity contribution in [2.24, 2.45) is 5.41 Å². The van der Waals surface area contributed by atoms with Gasteiger partial charge in [0.25, 0.3) is 0 Å². The van der Waals surface area contributed by atoms with E-state index in [9.17, 15) is 4.79 Å². The average Bonchev–Trinajstić information content (AvgIpc) is 2.71. The zero-order valence-electron chi connectivity index (χ0n) is 11.6. The summed E-state index contributed by atoms with van der Waals surface area (Å²) in [4.78, 5) is 15.6. The van der Waals surface area contributed by atoms with Gasteiger partial charge in [-0.3, -0.25) is 0 Å². The molecule has 0 spiro atoms. The van der Waals surface area contributed by atoms with Crippen molar-refractivity contribution in [3.63, 3.8) is 0 Å². The Labute approximate surface area is 105 Å². The Morgan fingerprint density at radius 3 is 2.35 bits per heavy atom. The van der Waals surface area contributed by atoms with E-state index in [1.165, 1.54) is 0 Å². The summed E-state index contributed by atoms with van der Waals surface area (Å²) >= 11 is 0. The Morgan fingerprint density at radius 1 is 1.35 bits per heavy atom. The van der Waals surface area contributed by atoms with Crippen LogP contribution in [0, 0.1) is 5.41 Å². The third-order valence-corrected chi connectivity index (χ3v) is 3.81. The molecule has 2 rings (SSSR count). The minimum atomic E-state index is -0.297. The van der Waals surface area contributed by atoms with Crippen LogP contribution in [0.5, 0.6) is 0 Å². The molecule has 0 bridgehead atoms. The van der Waals surface area contributed by atoms with Gasteiger partial charge in [0.15, 0.2) is 0 Å². The summed E-state index contributed by atoms with van der Waals surface area (Å²) in [6.45, 7) is 11.2. The average molecular weight is 242 g/mol. The summed E-state index contributed by atoms with van der Waals surface area (Å²) in [5.41, 5.74) is 0.305. The van der Waals surface area contributed by atoms with Crippen LogP contribution in [0.2, 0.25) is 0 Å². The molecule has 2 aliphatic rings. The molecule has 0 aromatic rings. The van der Waals surface area contributed by atoms with Crippen LogP contribution in [-0.4, -0.2) is 53.2 Å². The van der Waals surface area contributed by atoms with Crippen LogP contribution in [0.4, 0.5) is 4.79 Å². The molecule has 0 unspecified atom stereocenters. The second-order valence-electron chi connectivity index (χ2n) is 5.18. The first kappa shape index (κ1) is 14.3. The number of carbonyl (C=O) groups excluding carboxylic acids is 1. The van der Waals surface area contributed by atoms with Crippen LogP contribution in [0.3, 0.4) is 0 Å². The summed E-state index contributed by atoms with van der Waals surface area (Å²) in [6, 6.07) is 0.109. The van der Waals surface area contributed by atoms with E-state index in [1.807, 2.05) is 18.7 Å². The number of urea groups is 1. The van der Waals surface area contributed by atoms with Crippen LogP contribution in [-0.2, 0) is 0 Å². The molecule has 0 aromatic heterocycles. The number of hydrogen-bond acceptors (Lipinski definition) is 2. The predicted molar refractivity (Wildman–Crippen MR) is 68.9 cm³/mol. The van der Waals surface area contributed by atoms with Crippen LogP contribution >= 0.6 is 0 Å². The van der Waals surface area contributed by atoms with Crippen LogP contribution in [0.15, 0.2) is 0 Å². The van der Waals surface area contributed by atoms with Gasteiger partial charge < -0.3 is 14.9 Å². The molecule has 2 saturated heterocycles. The second-order valence-corrected chi connectivity index (χ2v) is 5.18. The molecule has 2 amide bonds. The maximum Gasteiger partial charge on any atom is 0.320 e. The fourth-order valence-corrected chi connectivity index (χ4v) is 2.29. The van der Waals surface area contributed by atoms with Gasteiger partial charge in [0.05, 0.1) is 19.2 Å². The minimum Gasteiger partial charge on any atom is -0.389 e. The summed E-state index contributed by atoms with van der Waals surface area (Å²) in [6.07, 6.45) is 1.93. The van der Waals surface area contributed by atoms with Crippen molar-refractivity contribution >= 4 is 6.03 Å². The Morgan fingerprint density at radius 2 is 1.94 bits per heavy atom. The molecule has 2 aliphatic heterocycles. The Hall–Kier alpha value is -0.770. The SMILES string of the molecule is CC.CC[C@]1(C)CCN(C(=O)N2CC(O)C2)C1. The van der Waals surface area contributed by atoms with Crippen LogP contribution in [0.1, 0.15) is 40.5 Å². The van der Waals surface area contributed by atoms with Crippen molar-refractivity contribution in [3.8, 4) is 0 Å². The molecule has 17 heavy (non-hydrogen) atoms. The maximum absolute atomic E-state index is 11.9. The highest BCUT2D eigenvalue weighted by Crippen LogP contribution is 2.33. The molecular weight excluding hydrogens is 216 g/mol. The molecule has 1 N–H and O–H groups in total. The van der Waals surface area contributed by atoms with E-state index in [2.05, 4.69) is 13.8 Å². The molecule has 2 heterocycles. The number of β-amino-alcohol motifs (C(OH)–C–C–N with tert-alkyl or cyclic N) is 1. The second kappa shape index (κ2) is 5.71. The molecule has 0 radical (unpaired) electrons. The smallest absolute Gasteiger partial charge is 0.320 e. The van der Waals surface area contributed by atoms with Gasteiger partial charge in [-0.1, -0.05) is 27.7 Å². The number of likely N-dealkylation sites (tertiary alicyclic amines) is 2. The molecule has 2 fully saturated rings. The number of rotatable bonds is 1. The monoisotopic (exact) mass is 242 g/mol. The lowest BCUT2D eigenvalue weighted by molar-refractivity contribution is 0.0161. The number of aliphatic hydroxyl groups excluding tert-OH is 1. The van der Waals surface area contributed by atoms with E-state index in [0.717, 1.165) is 25.9 Å². The normalized spacial score (nSPS) is 28.5. The number of carbonyl (C=O) groups is 1. The van der Waals surface area contributed by atoms with E-state index < -0.39 is 0 Å². The number of aliphatic hydroxyl groups is 1. The van der Waals surface area contributed by atoms with E-state index in [0.29, 0.717) is 18.5 Å². The Kier molecular flexibility index (Phi) is 4.80.